The van der Waals surface area contributed by atoms with Gasteiger partial charge in [-0.05, 0) is 50.2 Å². The summed E-state index contributed by atoms with van der Waals surface area (Å²) in [7, 11) is 0. The van der Waals surface area contributed by atoms with Crippen molar-refractivity contribution in [3.8, 4) is 0 Å². The number of carbonyl (C=O) groups excluding carboxylic acids is 2. The molecule has 6 nitrogen and oxygen atoms in total. The number of nitrogens with zero attached hydrogens (tertiary/aromatic N) is 2. The number of esters is 1. The van der Waals surface area contributed by atoms with Crippen molar-refractivity contribution in [3.05, 3.63) is 64.2 Å². The third-order valence-corrected chi connectivity index (χ3v) is 4.16. The molecule has 0 bridgehead atoms. The van der Waals surface area contributed by atoms with Crippen molar-refractivity contribution < 1.29 is 18.7 Å². The molecule has 138 valence electrons. The highest BCUT2D eigenvalue weighted by atomic mass is 35.5. The van der Waals surface area contributed by atoms with Crippen molar-refractivity contribution in [3.63, 3.8) is 0 Å². The van der Waals surface area contributed by atoms with Gasteiger partial charge in [0.15, 0.2) is 6.61 Å². The molecule has 0 atom stereocenters. The van der Waals surface area contributed by atoms with Gasteiger partial charge >= 0.3 is 5.97 Å². The summed E-state index contributed by atoms with van der Waals surface area (Å²) in [5.74, 6) is -1.78. The summed E-state index contributed by atoms with van der Waals surface area (Å²) in [6.07, 6.45) is 0. The monoisotopic (exact) mass is 387 g/mol. The van der Waals surface area contributed by atoms with Crippen LogP contribution in [-0.4, -0.2) is 28.5 Å². The highest BCUT2D eigenvalue weighted by molar-refractivity contribution is 6.33. The zero-order chi connectivity index (χ0) is 19.6. The molecule has 0 fully saturated rings. The van der Waals surface area contributed by atoms with Gasteiger partial charge in [-0.25, -0.2) is 19.2 Å². The van der Waals surface area contributed by atoms with Crippen molar-refractivity contribution in [1.29, 1.82) is 0 Å². The molecule has 3 aromatic rings. The van der Waals surface area contributed by atoms with E-state index in [9.17, 15) is 14.0 Å². The molecule has 0 unspecified atom stereocenters. The van der Waals surface area contributed by atoms with Crippen LogP contribution in [0.5, 0.6) is 0 Å². The number of hydrogen-bond acceptors (Lipinski definition) is 5. The van der Waals surface area contributed by atoms with Crippen molar-refractivity contribution >= 4 is 40.2 Å². The molecule has 8 heteroatoms. The number of hydrogen-bond donors (Lipinski definition) is 1. The van der Waals surface area contributed by atoms with Crippen molar-refractivity contribution in [2.45, 2.75) is 13.8 Å². The fourth-order valence-electron chi connectivity index (χ4n) is 2.35. The molecule has 1 aromatic heterocycles. The number of fused-ring (bicyclic) bond motifs is 1. The van der Waals surface area contributed by atoms with E-state index in [-0.39, 0.29) is 16.3 Å². The van der Waals surface area contributed by atoms with Gasteiger partial charge in [0.1, 0.15) is 5.82 Å². The van der Waals surface area contributed by atoms with Gasteiger partial charge in [-0.2, -0.15) is 0 Å². The SMILES string of the molecule is Cc1nc2ccc(C(=O)OCC(=O)Nc3ccc(F)cc3Cl)cc2nc1C. The smallest absolute Gasteiger partial charge is 0.338 e. The zero-order valence-corrected chi connectivity index (χ0v) is 15.3. The van der Waals surface area contributed by atoms with E-state index in [4.69, 9.17) is 16.3 Å². The number of nitrogens with one attached hydrogen (secondary N) is 1. The van der Waals surface area contributed by atoms with E-state index in [0.29, 0.717) is 11.0 Å². The number of carbonyl (C=O) groups is 2. The predicted octanol–water partition coefficient (Wildman–Crippen LogP) is 3.83. The van der Waals surface area contributed by atoms with Gasteiger partial charge in [-0.1, -0.05) is 11.6 Å². The molecule has 0 aliphatic heterocycles. The van der Waals surface area contributed by atoms with E-state index in [1.165, 1.54) is 6.07 Å². The Balaban J connectivity index is 1.65. The van der Waals surface area contributed by atoms with Crippen molar-refractivity contribution in [2.24, 2.45) is 0 Å². The first-order chi connectivity index (χ1) is 12.8. The van der Waals surface area contributed by atoms with Crippen LogP contribution in [-0.2, 0) is 9.53 Å². The third kappa shape index (κ3) is 4.38. The first kappa shape index (κ1) is 18.7. The van der Waals surface area contributed by atoms with Crippen LogP contribution in [0.2, 0.25) is 5.02 Å². The van der Waals surface area contributed by atoms with Gasteiger partial charge in [0.2, 0.25) is 0 Å². The lowest BCUT2D eigenvalue weighted by atomic mass is 10.2. The third-order valence-electron chi connectivity index (χ3n) is 3.85. The molecule has 2 aromatic carbocycles. The molecule has 0 saturated heterocycles. The Hall–Kier alpha value is -3.06. The molecule has 0 radical (unpaired) electrons. The van der Waals surface area contributed by atoms with Crippen molar-refractivity contribution in [2.75, 3.05) is 11.9 Å². The van der Waals surface area contributed by atoms with Crippen LogP contribution in [0.1, 0.15) is 21.7 Å². The van der Waals surface area contributed by atoms with Gasteiger partial charge in [0.05, 0.1) is 38.7 Å². The largest absolute Gasteiger partial charge is 0.452 e. The number of benzene rings is 2. The minimum absolute atomic E-state index is 0.0495. The molecular weight excluding hydrogens is 373 g/mol. The number of rotatable bonds is 4. The van der Waals surface area contributed by atoms with E-state index >= 15 is 0 Å². The molecule has 0 aliphatic carbocycles. The summed E-state index contributed by atoms with van der Waals surface area (Å²) in [6, 6.07) is 8.35. The van der Waals surface area contributed by atoms with E-state index < -0.39 is 24.3 Å². The Morgan fingerprint density at radius 3 is 2.48 bits per heavy atom. The summed E-state index contributed by atoms with van der Waals surface area (Å²) < 4.78 is 18.0. The fraction of sp³-hybridized carbons (Fsp3) is 0.158. The van der Waals surface area contributed by atoms with Crippen LogP contribution in [0.4, 0.5) is 10.1 Å². The Kier molecular flexibility index (Phi) is 5.32. The van der Waals surface area contributed by atoms with Gasteiger partial charge in [-0.15, -0.1) is 0 Å². The second kappa shape index (κ2) is 7.67. The quantitative estimate of drug-likeness (QED) is 0.688. The normalized spacial score (nSPS) is 10.7. The Morgan fingerprint density at radius 1 is 1.07 bits per heavy atom. The van der Waals surface area contributed by atoms with Gasteiger partial charge < -0.3 is 10.1 Å². The number of aryl methyl sites for hydroxylation is 2. The summed E-state index contributed by atoms with van der Waals surface area (Å²) in [6.45, 7) is 3.18. The predicted molar refractivity (Wildman–Crippen MR) is 99.3 cm³/mol. The fourth-order valence-corrected chi connectivity index (χ4v) is 2.56. The Morgan fingerprint density at radius 2 is 1.78 bits per heavy atom. The van der Waals surface area contributed by atoms with Gasteiger partial charge in [-0.3, -0.25) is 4.79 Å². The molecular formula is C19H15ClFN3O3. The number of anilines is 1. The minimum atomic E-state index is -0.669. The standard InChI is InChI=1S/C19H15ClFN3O3/c1-10-11(2)23-17-7-12(3-5-16(17)22-10)19(26)27-9-18(25)24-15-6-4-13(21)8-14(15)20/h3-8H,9H2,1-2H3,(H,24,25). The molecule has 1 N–H and O–H groups in total. The zero-order valence-electron chi connectivity index (χ0n) is 14.5. The van der Waals surface area contributed by atoms with Crippen LogP contribution in [0.15, 0.2) is 36.4 Å². The first-order valence-corrected chi connectivity index (χ1v) is 8.38. The lowest BCUT2D eigenvalue weighted by Crippen LogP contribution is -2.21. The van der Waals surface area contributed by atoms with Gasteiger partial charge in [0.25, 0.3) is 5.91 Å². The number of amides is 1. The van der Waals surface area contributed by atoms with Crippen LogP contribution < -0.4 is 5.32 Å². The Labute approximate surface area is 159 Å². The molecule has 0 spiro atoms. The molecule has 27 heavy (non-hydrogen) atoms. The maximum Gasteiger partial charge on any atom is 0.338 e. The number of aromatic nitrogens is 2. The summed E-state index contributed by atoms with van der Waals surface area (Å²) in [5.41, 5.74) is 3.30. The van der Waals surface area contributed by atoms with E-state index in [2.05, 4.69) is 15.3 Å². The summed E-state index contributed by atoms with van der Waals surface area (Å²) in [5, 5.41) is 2.50. The number of halogens is 2. The van der Waals surface area contributed by atoms with E-state index in [1.807, 2.05) is 13.8 Å². The molecule has 1 amide bonds. The van der Waals surface area contributed by atoms with Gasteiger partial charge in [0, 0.05) is 0 Å². The number of ether oxygens (including phenoxy) is 1. The molecule has 0 saturated carbocycles. The second-order valence-corrected chi connectivity index (χ2v) is 6.25. The van der Waals surface area contributed by atoms with Crippen molar-refractivity contribution in [1.82, 2.24) is 9.97 Å². The average molecular weight is 388 g/mol. The van der Waals surface area contributed by atoms with Crippen LogP contribution in [0, 0.1) is 19.7 Å². The summed E-state index contributed by atoms with van der Waals surface area (Å²) in [4.78, 5) is 32.9. The highest BCUT2D eigenvalue weighted by Gasteiger charge is 2.13. The van der Waals surface area contributed by atoms with E-state index in [0.717, 1.165) is 23.5 Å². The maximum atomic E-state index is 13.0. The van der Waals surface area contributed by atoms with Crippen LogP contribution in [0.3, 0.4) is 0 Å². The Bertz CT molecular complexity index is 1060. The maximum absolute atomic E-state index is 13.0. The first-order valence-electron chi connectivity index (χ1n) is 8.00. The second-order valence-electron chi connectivity index (χ2n) is 5.85. The van der Waals surface area contributed by atoms with Crippen LogP contribution in [0.25, 0.3) is 11.0 Å². The molecule has 1 heterocycles. The molecule has 3 rings (SSSR count). The van der Waals surface area contributed by atoms with Crippen LogP contribution >= 0.6 is 11.6 Å². The summed E-state index contributed by atoms with van der Waals surface area (Å²) >= 11 is 5.84. The molecule has 0 aliphatic rings. The lowest BCUT2D eigenvalue weighted by molar-refractivity contribution is -0.119. The lowest BCUT2D eigenvalue weighted by Gasteiger charge is -2.09. The highest BCUT2D eigenvalue weighted by Crippen LogP contribution is 2.22. The average Bonchev–Trinajstić information content (AvgIpc) is 2.62. The topological polar surface area (TPSA) is 81.2 Å². The minimum Gasteiger partial charge on any atom is -0.452 e. The van der Waals surface area contributed by atoms with E-state index in [1.54, 1.807) is 18.2 Å².